The third-order valence-corrected chi connectivity index (χ3v) is 9.04. The number of hydrogen-bond acceptors (Lipinski definition) is 16. The van der Waals surface area contributed by atoms with Gasteiger partial charge in [0.25, 0.3) is 11.8 Å². The first kappa shape index (κ1) is 33.5. The van der Waals surface area contributed by atoms with Gasteiger partial charge in [-0.3, -0.25) is 24.1 Å². The molecule has 2 aliphatic rings. The lowest BCUT2D eigenvalue weighted by molar-refractivity contribution is -0.160. The largest absolute Gasteiger partial charge is 0.477 e. The molecule has 1 fully saturated rings. The van der Waals surface area contributed by atoms with Crippen molar-refractivity contribution in [1.29, 1.82) is 0 Å². The van der Waals surface area contributed by atoms with Crippen LogP contribution in [0.4, 0.5) is 5.13 Å². The number of amides is 2. The number of rotatable bonds is 11. The lowest BCUT2D eigenvalue weighted by atomic mass is 9.98. The van der Waals surface area contributed by atoms with Crippen LogP contribution in [0.25, 0.3) is 0 Å². The molecular formula is C25H28N8O9S3. The minimum atomic E-state index is -1.39. The minimum Gasteiger partial charge on any atom is -0.477 e. The number of thiazole rings is 1. The van der Waals surface area contributed by atoms with Gasteiger partial charge in [-0.05, 0) is 20.8 Å². The van der Waals surface area contributed by atoms with Crippen LogP contribution in [0.3, 0.4) is 0 Å². The number of allylic oxidation sites excluding steroid dienone is 1. The zero-order valence-corrected chi connectivity index (χ0v) is 27.0. The monoisotopic (exact) mass is 680 g/mol. The highest BCUT2D eigenvalue weighted by Gasteiger charge is 2.55. The molecule has 20 heteroatoms. The van der Waals surface area contributed by atoms with E-state index in [9.17, 15) is 29.1 Å². The Morgan fingerprint density at radius 1 is 1.27 bits per heavy atom. The number of carboxylic acids is 1. The van der Waals surface area contributed by atoms with E-state index in [-0.39, 0.29) is 38.7 Å². The molecule has 0 bridgehead atoms. The summed E-state index contributed by atoms with van der Waals surface area (Å²) in [6.07, 6.45) is 0. The number of nitrogens with zero attached hydrogens (tertiary/aromatic N) is 6. The van der Waals surface area contributed by atoms with Gasteiger partial charge in [0.2, 0.25) is 6.79 Å². The number of esters is 1. The number of thioether (sulfide) groups is 2. The number of β-lactam (4-membered cyclic amide) rings is 1. The summed E-state index contributed by atoms with van der Waals surface area (Å²) < 4.78 is 11.4. The van der Waals surface area contributed by atoms with Gasteiger partial charge >= 0.3 is 23.4 Å². The molecule has 0 saturated carbocycles. The normalized spacial score (nSPS) is 18.2. The van der Waals surface area contributed by atoms with Gasteiger partial charge in [0, 0.05) is 28.7 Å². The Bertz CT molecular complexity index is 1690. The Balaban J connectivity index is 1.47. The Kier molecular flexibility index (Phi) is 9.88. The van der Waals surface area contributed by atoms with E-state index < -0.39 is 58.8 Å². The van der Waals surface area contributed by atoms with Crippen molar-refractivity contribution in [3.8, 4) is 5.88 Å². The minimum absolute atomic E-state index is 0.0394. The zero-order chi connectivity index (χ0) is 33.2. The average molecular weight is 681 g/mol. The summed E-state index contributed by atoms with van der Waals surface area (Å²) in [7, 11) is 2.73. The molecule has 2 atom stereocenters. The van der Waals surface area contributed by atoms with E-state index >= 15 is 0 Å². The van der Waals surface area contributed by atoms with Crippen molar-refractivity contribution in [2.24, 2.45) is 17.6 Å². The molecule has 240 valence electrons. The fourth-order valence-electron chi connectivity index (χ4n) is 3.87. The maximum atomic E-state index is 13.2. The molecule has 4 heterocycles. The first-order chi connectivity index (χ1) is 21.1. The van der Waals surface area contributed by atoms with Crippen molar-refractivity contribution < 1.29 is 38.6 Å². The molecule has 0 aromatic carbocycles. The second-order valence-electron chi connectivity index (χ2n) is 10.3. The number of hydrogen-bond donors (Lipinski definition) is 3. The lowest BCUT2D eigenvalue weighted by Gasteiger charge is -2.49. The van der Waals surface area contributed by atoms with E-state index in [1.54, 1.807) is 20.8 Å². The van der Waals surface area contributed by atoms with Gasteiger partial charge in [0.1, 0.15) is 29.9 Å². The smallest absolute Gasteiger partial charge is 0.353 e. The summed E-state index contributed by atoms with van der Waals surface area (Å²) in [6, 6.07) is -1.09. The molecule has 2 aromatic rings. The van der Waals surface area contributed by atoms with Crippen LogP contribution < -0.4 is 21.3 Å². The second kappa shape index (κ2) is 13.3. The third kappa shape index (κ3) is 7.12. The second-order valence-corrected chi connectivity index (χ2v) is 13.3. The number of ether oxygens (including phenoxy) is 2. The number of nitrogens with two attached hydrogens (primary N) is 1. The van der Waals surface area contributed by atoms with E-state index in [2.05, 4.69) is 32.1 Å². The highest BCUT2D eigenvalue weighted by atomic mass is 32.2. The van der Waals surface area contributed by atoms with E-state index in [0.29, 0.717) is 4.91 Å². The van der Waals surface area contributed by atoms with Gasteiger partial charge in [0.15, 0.2) is 16.0 Å². The summed E-state index contributed by atoms with van der Waals surface area (Å²) in [5.41, 5.74) is 3.89. The molecule has 2 amide bonds. The predicted octanol–water partition coefficient (Wildman–Crippen LogP) is 0.535. The molecule has 2 aliphatic heterocycles. The molecule has 4 rings (SSSR count). The summed E-state index contributed by atoms with van der Waals surface area (Å²) >= 11 is 3.16. The van der Waals surface area contributed by atoms with Gasteiger partial charge < -0.3 is 30.5 Å². The highest BCUT2D eigenvalue weighted by Crippen LogP contribution is 2.46. The lowest BCUT2D eigenvalue weighted by Crippen LogP contribution is -2.70. The molecule has 4 N–H and O–H groups in total. The molecule has 1 saturated heterocycles. The predicted molar refractivity (Wildman–Crippen MR) is 163 cm³/mol. The quantitative estimate of drug-likeness (QED) is 0.0734. The zero-order valence-electron chi connectivity index (χ0n) is 24.6. The van der Waals surface area contributed by atoms with Crippen LogP contribution in [-0.4, -0.2) is 90.3 Å². The number of aliphatic carboxylic acids is 1. The maximum absolute atomic E-state index is 13.2. The topological polar surface area (TPSA) is 231 Å². The van der Waals surface area contributed by atoms with E-state index in [1.165, 1.54) is 24.2 Å². The number of carbonyl (C=O) groups is 4. The number of oxime groups is 1. The van der Waals surface area contributed by atoms with Crippen LogP contribution in [0.2, 0.25) is 0 Å². The van der Waals surface area contributed by atoms with Gasteiger partial charge in [-0.25, -0.2) is 14.5 Å². The van der Waals surface area contributed by atoms with Crippen LogP contribution in [-0.2, 0) is 35.8 Å². The van der Waals surface area contributed by atoms with Crippen LogP contribution in [0.15, 0.2) is 43.2 Å². The Labute approximate surface area is 267 Å². The molecular weight excluding hydrogens is 653 g/mol. The van der Waals surface area contributed by atoms with Crippen molar-refractivity contribution in [3.63, 3.8) is 0 Å². The van der Waals surface area contributed by atoms with E-state index in [1.807, 2.05) is 0 Å². The summed E-state index contributed by atoms with van der Waals surface area (Å²) in [6.45, 7) is 8.43. The summed E-state index contributed by atoms with van der Waals surface area (Å²) in [4.78, 5) is 77.0. The first-order valence-electron chi connectivity index (χ1n) is 12.8. The summed E-state index contributed by atoms with van der Waals surface area (Å²) in [5.74, 6) is -3.79. The van der Waals surface area contributed by atoms with Crippen molar-refractivity contribution in [1.82, 2.24) is 30.0 Å². The number of aromatic nitrogens is 4. The number of fused-ring (bicyclic) bond motifs is 1. The fraction of sp³-hybridized carbons (Fsp3) is 0.400. The maximum Gasteiger partial charge on any atom is 0.353 e. The molecule has 0 radical (unpaired) electrons. The number of anilines is 1. The SMILES string of the molecule is C=C1S[C@@H]2[C@H](NC(=O)/C(=N\OC)c3csc(N)n3)C(=O)N2C(C(=O)O)=C1CSc1nc(=O)c(OCOC(=O)C(C)(C)C)nn1C. The number of nitrogens with one attached hydrogen (secondary N) is 1. The molecule has 0 unspecified atom stereocenters. The van der Waals surface area contributed by atoms with Gasteiger partial charge in [0.05, 0.1) is 5.41 Å². The van der Waals surface area contributed by atoms with E-state index in [0.717, 1.165) is 39.8 Å². The standard InChI is InChI=1S/C25H28N8O9S3/c1-10-11(7-44-24-29-17(35)18(30-32(24)5)41-9-42-22(39)25(2,3)4)15(21(37)38)33-19(36)14(20(33)45-10)28-16(34)13(31-40-6)12-8-43-23(26)27-12/h8,14,20H,1,7,9H2,2-6H3,(H2,26,27)(H,28,34)(H,37,38)/b31-13-/t14-,20-/m1/s1. The van der Waals surface area contributed by atoms with Crippen molar-refractivity contribution in [2.45, 2.75) is 37.3 Å². The molecule has 0 spiro atoms. The van der Waals surface area contributed by atoms with Gasteiger partial charge in [-0.15, -0.1) is 16.4 Å². The van der Waals surface area contributed by atoms with Crippen LogP contribution in [0, 0.1) is 5.41 Å². The average Bonchev–Trinajstić information content (AvgIpc) is 3.40. The fourth-order valence-corrected chi connectivity index (χ4v) is 6.71. The van der Waals surface area contributed by atoms with Gasteiger partial charge in [-0.2, -0.15) is 4.98 Å². The Hall–Kier alpha value is -4.43. The first-order valence-corrected chi connectivity index (χ1v) is 15.6. The van der Waals surface area contributed by atoms with E-state index in [4.69, 9.17) is 20.0 Å². The number of nitrogen functional groups attached to an aromatic ring is 1. The molecule has 45 heavy (non-hydrogen) atoms. The van der Waals surface area contributed by atoms with Crippen molar-refractivity contribution in [2.75, 3.05) is 25.4 Å². The van der Waals surface area contributed by atoms with Crippen LogP contribution >= 0.6 is 34.9 Å². The Morgan fingerprint density at radius 3 is 2.58 bits per heavy atom. The summed E-state index contributed by atoms with van der Waals surface area (Å²) in [5, 5.41) is 21.3. The molecule has 17 nitrogen and oxygen atoms in total. The van der Waals surface area contributed by atoms with Crippen LogP contribution in [0.1, 0.15) is 26.5 Å². The van der Waals surface area contributed by atoms with Crippen molar-refractivity contribution in [3.05, 3.63) is 44.2 Å². The third-order valence-electron chi connectivity index (χ3n) is 6.06. The highest BCUT2D eigenvalue weighted by molar-refractivity contribution is 8.04. The van der Waals surface area contributed by atoms with Crippen molar-refractivity contribution >= 4 is 69.5 Å². The van der Waals surface area contributed by atoms with Crippen LogP contribution in [0.5, 0.6) is 5.88 Å². The molecule has 2 aromatic heterocycles. The number of carbonyl (C=O) groups excluding carboxylic acids is 3. The number of carboxylic acid groups (broad SMARTS) is 1. The van der Waals surface area contributed by atoms with Gasteiger partial charge in [-0.1, -0.05) is 35.3 Å². The number of aryl methyl sites for hydroxylation is 1. The Morgan fingerprint density at radius 2 is 1.98 bits per heavy atom. The molecule has 0 aliphatic carbocycles.